The zero-order valence-electron chi connectivity index (χ0n) is 8.67. The summed E-state index contributed by atoms with van der Waals surface area (Å²) in [6.07, 6.45) is 1.08. The molecule has 2 unspecified atom stereocenters. The molecule has 0 spiro atoms. The fourth-order valence-corrected chi connectivity index (χ4v) is 3.41. The minimum atomic E-state index is -0.763. The molecular formula is C11H15ClOS. The van der Waals surface area contributed by atoms with Gasteiger partial charge in [0, 0.05) is 5.56 Å². The van der Waals surface area contributed by atoms with E-state index in [1.54, 1.807) is 0 Å². The molecule has 3 heteroatoms. The minimum Gasteiger partial charge on any atom is -0.385 e. The molecule has 14 heavy (non-hydrogen) atoms. The fourth-order valence-electron chi connectivity index (χ4n) is 2.27. The van der Waals surface area contributed by atoms with Crippen LogP contribution in [0, 0.1) is 11.3 Å². The molecule has 1 heterocycles. The number of aliphatic hydroxyl groups is 1. The van der Waals surface area contributed by atoms with E-state index in [0.29, 0.717) is 5.92 Å². The number of halogens is 1. The van der Waals surface area contributed by atoms with E-state index in [4.69, 9.17) is 11.6 Å². The Balaban J connectivity index is 2.30. The van der Waals surface area contributed by atoms with Gasteiger partial charge in [0.1, 0.15) is 0 Å². The zero-order valence-corrected chi connectivity index (χ0v) is 10.2. The molecule has 1 aliphatic rings. The van der Waals surface area contributed by atoms with Crippen LogP contribution in [0.1, 0.15) is 32.8 Å². The maximum Gasteiger partial charge on any atom is 0.0989 e. The molecule has 0 bridgehead atoms. The van der Waals surface area contributed by atoms with Crippen molar-refractivity contribution in [1.29, 1.82) is 0 Å². The van der Waals surface area contributed by atoms with Gasteiger partial charge in [-0.1, -0.05) is 25.4 Å². The van der Waals surface area contributed by atoms with Gasteiger partial charge >= 0.3 is 0 Å². The lowest BCUT2D eigenvalue weighted by molar-refractivity contribution is 0.0214. The molecule has 0 amide bonds. The summed E-state index contributed by atoms with van der Waals surface area (Å²) in [5.41, 5.74) is 0.384. The van der Waals surface area contributed by atoms with Crippen molar-refractivity contribution in [3.63, 3.8) is 0 Å². The normalized spacial score (nSPS) is 28.5. The molecule has 1 saturated carbocycles. The highest BCUT2D eigenvalue weighted by molar-refractivity contribution is 7.14. The van der Waals surface area contributed by atoms with Crippen LogP contribution in [-0.4, -0.2) is 5.11 Å². The summed E-state index contributed by atoms with van der Waals surface area (Å²) >= 11 is 7.53. The second kappa shape index (κ2) is 2.97. The lowest BCUT2D eigenvalue weighted by atomic mass is 9.89. The smallest absolute Gasteiger partial charge is 0.0989 e. The third kappa shape index (κ3) is 1.50. The van der Waals surface area contributed by atoms with Crippen LogP contribution in [0.15, 0.2) is 11.4 Å². The van der Waals surface area contributed by atoms with Gasteiger partial charge in [-0.15, -0.1) is 11.3 Å². The number of thiophene rings is 1. The SMILES string of the molecule is CC1(C)CC1C(C)(O)c1ccsc1Cl. The van der Waals surface area contributed by atoms with Gasteiger partial charge in [0.2, 0.25) is 0 Å². The van der Waals surface area contributed by atoms with Crippen molar-refractivity contribution in [2.24, 2.45) is 11.3 Å². The van der Waals surface area contributed by atoms with Gasteiger partial charge < -0.3 is 5.11 Å². The Morgan fingerprint density at radius 1 is 1.64 bits per heavy atom. The van der Waals surface area contributed by atoms with Gasteiger partial charge in [0.15, 0.2) is 0 Å². The molecule has 78 valence electrons. The highest BCUT2D eigenvalue weighted by Gasteiger charge is 2.56. The highest BCUT2D eigenvalue weighted by Crippen LogP contribution is 2.61. The molecule has 2 atom stereocenters. The summed E-state index contributed by atoms with van der Waals surface area (Å²) < 4.78 is 0.720. The lowest BCUT2D eigenvalue weighted by Crippen LogP contribution is -2.26. The van der Waals surface area contributed by atoms with Crippen LogP contribution in [0.25, 0.3) is 0 Å². The van der Waals surface area contributed by atoms with Gasteiger partial charge in [-0.25, -0.2) is 0 Å². The first-order valence-corrected chi connectivity index (χ1v) is 6.07. The Bertz CT molecular complexity index is 354. The lowest BCUT2D eigenvalue weighted by Gasteiger charge is -2.25. The Morgan fingerprint density at radius 3 is 2.57 bits per heavy atom. The quantitative estimate of drug-likeness (QED) is 0.822. The largest absolute Gasteiger partial charge is 0.385 e. The Kier molecular flexibility index (Phi) is 2.22. The summed E-state index contributed by atoms with van der Waals surface area (Å²) in [5, 5.41) is 12.4. The van der Waals surface area contributed by atoms with Gasteiger partial charge in [0.05, 0.1) is 9.94 Å². The van der Waals surface area contributed by atoms with Crippen molar-refractivity contribution in [3.05, 3.63) is 21.3 Å². The number of rotatable bonds is 2. The Labute approximate surface area is 93.7 Å². The zero-order chi connectivity index (χ0) is 10.6. The van der Waals surface area contributed by atoms with E-state index in [1.807, 2.05) is 18.4 Å². The van der Waals surface area contributed by atoms with Gasteiger partial charge in [-0.3, -0.25) is 0 Å². The molecule has 1 fully saturated rings. The predicted molar refractivity (Wildman–Crippen MR) is 60.8 cm³/mol. The van der Waals surface area contributed by atoms with Crippen molar-refractivity contribution < 1.29 is 5.11 Å². The standard InChI is InChI=1S/C11H15ClOS/c1-10(2)6-8(10)11(3,13)7-4-5-14-9(7)12/h4-5,8,13H,6H2,1-3H3. The Hall–Kier alpha value is -0.0500. The van der Waals surface area contributed by atoms with E-state index < -0.39 is 5.60 Å². The fraction of sp³-hybridized carbons (Fsp3) is 0.636. The van der Waals surface area contributed by atoms with Crippen molar-refractivity contribution in [2.45, 2.75) is 32.8 Å². The molecule has 0 aromatic carbocycles. The molecule has 2 rings (SSSR count). The molecule has 0 radical (unpaired) electrons. The first-order valence-electron chi connectivity index (χ1n) is 4.81. The molecule has 1 aliphatic carbocycles. The molecule has 0 saturated heterocycles. The van der Waals surface area contributed by atoms with Crippen LogP contribution in [0.3, 0.4) is 0 Å². The van der Waals surface area contributed by atoms with Crippen molar-refractivity contribution in [2.75, 3.05) is 0 Å². The van der Waals surface area contributed by atoms with Crippen LogP contribution in [0.4, 0.5) is 0 Å². The second-order valence-corrected chi connectivity index (χ2v) is 6.52. The number of hydrogen-bond acceptors (Lipinski definition) is 2. The summed E-state index contributed by atoms with van der Waals surface area (Å²) in [5.74, 6) is 0.335. The van der Waals surface area contributed by atoms with E-state index in [9.17, 15) is 5.11 Å². The topological polar surface area (TPSA) is 20.2 Å². The average molecular weight is 231 g/mol. The van der Waals surface area contributed by atoms with Crippen molar-refractivity contribution in [3.8, 4) is 0 Å². The monoisotopic (exact) mass is 230 g/mol. The van der Waals surface area contributed by atoms with E-state index in [1.165, 1.54) is 11.3 Å². The Morgan fingerprint density at radius 2 is 2.21 bits per heavy atom. The van der Waals surface area contributed by atoms with Crippen LogP contribution in [-0.2, 0) is 5.60 Å². The minimum absolute atomic E-state index is 0.259. The third-order valence-corrected chi connectivity index (χ3v) is 4.53. The van der Waals surface area contributed by atoms with Crippen molar-refractivity contribution >= 4 is 22.9 Å². The molecule has 1 nitrogen and oxygen atoms in total. The maximum absolute atomic E-state index is 10.5. The van der Waals surface area contributed by atoms with Crippen LogP contribution in [0.2, 0.25) is 4.34 Å². The van der Waals surface area contributed by atoms with Crippen LogP contribution >= 0.6 is 22.9 Å². The van der Waals surface area contributed by atoms with E-state index in [0.717, 1.165) is 16.3 Å². The van der Waals surface area contributed by atoms with Crippen LogP contribution < -0.4 is 0 Å². The maximum atomic E-state index is 10.5. The molecular weight excluding hydrogens is 216 g/mol. The summed E-state index contributed by atoms with van der Waals surface area (Å²) in [7, 11) is 0. The van der Waals surface area contributed by atoms with E-state index >= 15 is 0 Å². The predicted octanol–water partition coefficient (Wildman–Crippen LogP) is 3.66. The first kappa shape index (κ1) is 10.5. The molecule has 1 aromatic rings. The summed E-state index contributed by atoms with van der Waals surface area (Å²) in [4.78, 5) is 0. The number of hydrogen-bond donors (Lipinski definition) is 1. The van der Waals surface area contributed by atoms with Crippen molar-refractivity contribution in [1.82, 2.24) is 0 Å². The molecule has 0 aliphatic heterocycles. The highest BCUT2D eigenvalue weighted by atomic mass is 35.5. The van der Waals surface area contributed by atoms with Gasteiger partial charge in [-0.05, 0) is 36.1 Å². The summed E-state index contributed by atoms with van der Waals surface area (Å²) in [6.45, 7) is 6.25. The van der Waals surface area contributed by atoms with E-state index in [-0.39, 0.29) is 5.41 Å². The third-order valence-electron chi connectivity index (χ3n) is 3.36. The van der Waals surface area contributed by atoms with Crippen LogP contribution in [0.5, 0.6) is 0 Å². The second-order valence-electron chi connectivity index (χ2n) is 5.00. The van der Waals surface area contributed by atoms with Gasteiger partial charge in [0.25, 0.3) is 0 Å². The average Bonchev–Trinajstić information content (AvgIpc) is 2.52. The molecule has 1 N–H and O–H groups in total. The van der Waals surface area contributed by atoms with E-state index in [2.05, 4.69) is 13.8 Å². The molecule has 1 aromatic heterocycles. The summed E-state index contributed by atoms with van der Waals surface area (Å²) in [6, 6.07) is 1.93. The first-order chi connectivity index (χ1) is 6.36. The van der Waals surface area contributed by atoms with Gasteiger partial charge in [-0.2, -0.15) is 0 Å².